The van der Waals surface area contributed by atoms with Gasteiger partial charge in [-0.05, 0) is 6.92 Å². The highest BCUT2D eigenvalue weighted by atomic mass is 16.4. The van der Waals surface area contributed by atoms with Gasteiger partial charge in [0.2, 0.25) is 0 Å². The molecule has 0 atom stereocenters. The van der Waals surface area contributed by atoms with Crippen molar-refractivity contribution in [1.82, 2.24) is 15.1 Å². The molecule has 0 aromatic carbocycles. The van der Waals surface area contributed by atoms with E-state index in [0.717, 1.165) is 6.20 Å². The molecule has 6 nitrogen and oxygen atoms in total. The average Bonchev–Trinajstić information content (AvgIpc) is 2.47. The number of carboxylic acid groups (broad SMARTS) is 1. The van der Waals surface area contributed by atoms with Crippen LogP contribution in [0.3, 0.4) is 0 Å². The van der Waals surface area contributed by atoms with Crippen molar-refractivity contribution in [2.75, 3.05) is 6.54 Å². The number of nitrogens with one attached hydrogen (secondary N) is 1. The maximum Gasteiger partial charge on any atom is 0.339 e. The molecular formula is C8H11N3O3. The third kappa shape index (κ3) is 1.73. The van der Waals surface area contributed by atoms with Crippen molar-refractivity contribution in [3.63, 3.8) is 0 Å². The first kappa shape index (κ1) is 10.2. The number of nitrogens with zero attached hydrogens (tertiary/aromatic N) is 2. The van der Waals surface area contributed by atoms with E-state index in [1.807, 2.05) is 0 Å². The Morgan fingerprint density at radius 2 is 2.29 bits per heavy atom. The van der Waals surface area contributed by atoms with Crippen LogP contribution in [0.5, 0.6) is 0 Å². The quantitative estimate of drug-likeness (QED) is 0.706. The molecule has 1 aromatic rings. The first-order valence-corrected chi connectivity index (χ1v) is 4.11. The number of hydrogen-bond donors (Lipinski definition) is 2. The standard InChI is InChI=1S/C8H11N3O3/c1-3-9-7(12)6-5(8(13)14)4-10-11(6)2/h4H,3H2,1-2H3,(H,9,12)(H,13,14). The van der Waals surface area contributed by atoms with E-state index < -0.39 is 11.9 Å². The first-order chi connectivity index (χ1) is 6.57. The van der Waals surface area contributed by atoms with E-state index in [0.29, 0.717) is 6.54 Å². The topological polar surface area (TPSA) is 84.2 Å². The van der Waals surface area contributed by atoms with Gasteiger partial charge >= 0.3 is 5.97 Å². The molecular weight excluding hydrogens is 186 g/mol. The molecule has 0 aliphatic carbocycles. The maximum atomic E-state index is 11.4. The molecule has 0 saturated heterocycles. The lowest BCUT2D eigenvalue weighted by atomic mass is 10.2. The van der Waals surface area contributed by atoms with Crippen LogP contribution in [0.4, 0.5) is 0 Å². The predicted molar refractivity (Wildman–Crippen MR) is 48.2 cm³/mol. The Hall–Kier alpha value is -1.85. The average molecular weight is 197 g/mol. The molecule has 0 unspecified atom stereocenters. The number of amides is 1. The van der Waals surface area contributed by atoms with E-state index in [-0.39, 0.29) is 11.3 Å². The smallest absolute Gasteiger partial charge is 0.339 e. The van der Waals surface area contributed by atoms with E-state index in [1.165, 1.54) is 11.7 Å². The van der Waals surface area contributed by atoms with Gasteiger partial charge in [-0.2, -0.15) is 5.10 Å². The fourth-order valence-electron chi connectivity index (χ4n) is 1.11. The van der Waals surface area contributed by atoms with Crippen molar-refractivity contribution >= 4 is 11.9 Å². The molecule has 0 radical (unpaired) electrons. The Bertz CT molecular complexity index is 370. The minimum atomic E-state index is -1.15. The van der Waals surface area contributed by atoms with Crippen LogP contribution in [0.2, 0.25) is 0 Å². The van der Waals surface area contributed by atoms with Gasteiger partial charge in [-0.1, -0.05) is 0 Å². The summed E-state index contributed by atoms with van der Waals surface area (Å²) in [6.45, 7) is 2.21. The summed E-state index contributed by atoms with van der Waals surface area (Å²) >= 11 is 0. The lowest BCUT2D eigenvalue weighted by Crippen LogP contribution is -2.26. The van der Waals surface area contributed by atoms with Crippen molar-refractivity contribution in [2.45, 2.75) is 6.92 Å². The highest BCUT2D eigenvalue weighted by Crippen LogP contribution is 2.06. The van der Waals surface area contributed by atoms with Gasteiger partial charge in [0.05, 0.1) is 6.20 Å². The number of carboxylic acids is 1. The zero-order valence-corrected chi connectivity index (χ0v) is 7.94. The Balaban J connectivity index is 3.11. The zero-order chi connectivity index (χ0) is 10.7. The van der Waals surface area contributed by atoms with Crippen LogP contribution >= 0.6 is 0 Å². The molecule has 0 fully saturated rings. The summed E-state index contributed by atoms with van der Waals surface area (Å²) < 4.78 is 1.24. The van der Waals surface area contributed by atoms with Gasteiger partial charge in [0.15, 0.2) is 0 Å². The molecule has 76 valence electrons. The second kappa shape index (κ2) is 3.91. The van der Waals surface area contributed by atoms with Crippen molar-refractivity contribution in [2.24, 2.45) is 7.05 Å². The summed E-state index contributed by atoms with van der Waals surface area (Å²) in [4.78, 5) is 22.1. The number of carbonyl (C=O) groups is 2. The molecule has 1 aromatic heterocycles. The second-order valence-corrected chi connectivity index (χ2v) is 2.70. The Kier molecular flexibility index (Phi) is 2.85. The van der Waals surface area contributed by atoms with E-state index in [4.69, 9.17) is 5.11 Å². The summed E-state index contributed by atoms with van der Waals surface area (Å²) in [7, 11) is 1.52. The van der Waals surface area contributed by atoms with Crippen molar-refractivity contribution < 1.29 is 14.7 Å². The van der Waals surface area contributed by atoms with Crippen molar-refractivity contribution in [3.8, 4) is 0 Å². The number of aryl methyl sites for hydroxylation is 1. The molecule has 0 saturated carbocycles. The third-order valence-corrected chi connectivity index (χ3v) is 1.72. The molecule has 1 heterocycles. The van der Waals surface area contributed by atoms with Gasteiger partial charge in [0, 0.05) is 13.6 Å². The molecule has 0 aliphatic rings. The Morgan fingerprint density at radius 3 is 2.79 bits per heavy atom. The fraction of sp³-hybridized carbons (Fsp3) is 0.375. The molecule has 0 spiro atoms. The van der Waals surface area contributed by atoms with Gasteiger partial charge in [0.1, 0.15) is 11.3 Å². The summed E-state index contributed by atoms with van der Waals surface area (Å²) in [6.07, 6.45) is 1.16. The normalized spacial score (nSPS) is 9.86. The third-order valence-electron chi connectivity index (χ3n) is 1.72. The van der Waals surface area contributed by atoms with Crippen molar-refractivity contribution in [3.05, 3.63) is 17.5 Å². The van der Waals surface area contributed by atoms with Gasteiger partial charge in [0.25, 0.3) is 5.91 Å². The van der Waals surface area contributed by atoms with E-state index in [2.05, 4.69) is 10.4 Å². The van der Waals surface area contributed by atoms with Crippen LogP contribution in [0, 0.1) is 0 Å². The Morgan fingerprint density at radius 1 is 1.64 bits per heavy atom. The molecule has 14 heavy (non-hydrogen) atoms. The SMILES string of the molecule is CCNC(=O)c1c(C(=O)O)cnn1C. The number of aromatic nitrogens is 2. The highest BCUT2D eigenvalue weighted by Gasteiger charge is 2.20. The zero-order valence-electron chi connectivity index (χ0n) is 7.94. The van der Waals surface area contributed by atoms with Crippen LogP contribution in [0.25, 0.3) is 0 Å². The molecule has 1 amide bonds. The number of carbonyl (C=O) groups excluding carboxylic acids is 1. The maximum absolute atomic E-state index is 11.4. The monoisotopic (exact) mass is 197 g/mol. The lowest BCUT2D eigenvalue weighted by Gasteiger charge is -2.03. The molecule has 0 bridgehead atoms. The lowest BCUT2D eigenvalue weighted by molar-refractivity contribution is 0.0690. The van der Waals surface area contributed by atoms with Crippen LogP contribution in [-0.2, 0) is 7.05 Å². The van der Waals surface area contributed by atoms with Gasteiger partial charge in [-0.15, -0.1) is 0 Å². The van der Waals surface area contributed by atoms with E-state index >= 15 is 0 Å². The van der Waals surface area contributed by atoms with Crippen LogP contribution in [0.15, 0.2) is 6.20 Å². The summed E-state index contributed by atoms with van der Waals surface area (Å²) in [5, 5.41) is 15.0. The van der Waals surface area contributed by atoms with E-state index in [9.17, 15) is 9.59 Å². The van der Waals surface area contributed by atoms with E-state index in [1.54, 1.807) is 6.92 Å². The summed E-state index contributed by atoms with van der Waals surface area (Å²) in [5.74, 6) is -1.58. The van der Waals surface area contributed by atoms with Gasteiger partial charge in [-0.25, -0.2) is 4.79 Å². The highest BCUT2D eigenvalue weighted by molar-refractivity contribution is 6.03. The minimum Gasteiger partial charge on any atom is -0.478 e. The van der Waals surface area contributed by atoms with Crippen LogP contribution < -0.4 is 5.32 Å². The summed E-state index contributed by atoms with van der Waals surface area (Å²) in [5.41, 5.74) is -0.0159. The molecule has 0 aliphatic heterocycles. The number of rotatable bonds is 3. The first-order valence-electron chi connectivity index (χ1n) is 4.11. The number of aromatic carboxylic acids is 1. The minimum absolute atomic E-state index is 0.0688. The fourth-order valence-corrected chi connectivity index (χ4v) is 1.11. The molecule has 6 heteroatoms. The molecule has 2 N–H and O–H groups in total. The van der Waals surface area contributed by atoms with Gasteiger partial charge < -0.3 is 10.4 Å². The largest absolute Gasteiger partial charge is 0.478 e. The Labute approximate surface area is 80.5 Å². The van der Waals surface area contributed by atoms with Gasteiger partial charge in [-0.3, -0.25) is 9.48 Å². The molecule has 1 rings (SSSR count). The second-order valence-electron chi connectivity index (χ2n) is 2.70. The predicted octanol–water partition coefficient (Wildman–Crippen LogP) is -0.132. The summed E-state index contributed by atoms with van der Waals surface area (Å²) in [6, 6.07) is 0. The number of hydrogen-bond acceptors (Lipinski definition) is 3. The van der Waals surface area contributed by atoms with Crippen molar-refractivity contribution in [1.29, 1.82) is 0 Å². The van der Waals surface area contributed by atoms with Crippen LogP contribution in [-0.4, -0.2) is 33.3 Å². The van der Waals surface area contributed by atoms with Crippen LogP contribution in [0.1, 0.15) is 27.8 Å².